The maximum absolute atomic E-state index is 12.6. The molecule has 122 valence electrons. The molecule has 2 rings (SSSR count). The number of hydrogen-bond acceptors (Lipinski definition) is 4. The highest BCUT2D eigenvalue weighted by Gasteiger charge is 2.29. The number of nitrogens with one attached hydrogen (secondary N) is 1. The van der Waals surface area contributed by atoms with E-state index in [0.717, 1.165) is 25.8 Å². The quantitative estimate of drug-likeness (QED) is 0.887. The minimum Gasteiger partial charge on any atom is -0.320 e. The van der Waals surface area contributed by atoms with Gasteiger partial charge in [-0.3, -0.25) is 0 Å². The lowest BCUT2D eigenvalue weighted by Gasteiger charge is -2.31. The van der Waals surface area contributed by atoms with Crippen LogP contribution in [0, 0.1) is 17.2 Å². The fourth-order valence-electron chi connectivity index (χ4n) is 2.66. The van der Waals surface area contributed by atoms with Crippen LogP contribution in [0.3, 0.4) is 0 Å². The van der Waals surface area contributed by atoms with Crippen LogP contribution in [0.2, 0.25) is 0 Å². The highest BCUT2D eigenvalue weighted by Crippen LogP contribution is 2.25. The van der Waals surface area contributed by atoms with Gasteiger partial charge in [-0.1, -0.05) is 6.07 Å². The lowest BCUT2D eigenvalue weighted by Crippen LogP contribution is -2.38. The highest BCUT2D eigenvalue weighted by molar-refractivity contribution is 7.89. The van der Waals surface area contributed by atoms with Crippen molar-refractivity contribution in [3.05, 3.63) is 29.8 Å². The van der Waals surface area contributed by atoms with E-state index >= 15 is 0 Å². The third-order valence-electron chi connectivity index (χ3n) is 3.98. The molecule has 1 aliphatic heterocycles. The van der Waals surface area contributed by atoms with Crippen molar-refractivity contribution < 1.29 is 8.42 Å². The molecule has 0 radical (unpaired) electrons. The summed E-state index contributed by atoms with van der Waals surface area (Å²) in [5.41, 5.74) is 0.375. The fraction of sp³-hybridized carbons (Fsp3) is 0.533. The van der Waals surface area contributed by atoms with Crippen molar-refractivity contribution in [2.24, 2.45) is 5.92 Å². The molecule has 0 aliphatic carbocycles. The Morgan fingerprint density at radius 1 is 1.36 bits per heavy atom. The van der Waals surface area contributed by atoms with Crippen molar-refractivity contribution in [1.29, 1.82) is 5.26 Å². The van der Waals surface area contributed by atoms with Gasteiger partial charge in [0, 0.05) is 13.1 Å². The van der Waals surface area contributed by atoms with Crippen molar-refractivity contribution in [3.8, 4) is 6.07 Å². The van der Waals surface area contributed by atoms with Crippen LogP contribution < -0.4 is 5.32 Å². The van der Waals surface area contributed by atoms with Crippen LogP contribution in [0.4, 0.5) is 0 Å². The summed E-state index contributed by atoms with van der Waals surface area (Å²) < 4.78 is 26.7. The summed E-state index contributed by atoms with van der Waals surface area (Å²) in [6.45, 7) is 2.10. The van der Waals surface area contributed by atoms with E-state index in [1.165, 1.54) is 6.07 Å². The molecule has 1 N–H and O–H groups in total. The minimum atomic E-state index is -3.47. The van der Waals surface area contributed by atoms with E-state index in [-0.39, 0.29) is 17.3 Å². The third-order valence-corrected chi connectivity index (χ3v) is 5.87. The van der Waals surface area contributed by atoms with Gasteiger partial charge in [0.15, 0.2) is 0 Å². The van der Waals surface area contributed by atoms with E-state index in [0.29, 0.717) is 24.6 Å². The number of nitriles is 1. The first-order chi connectivity index (χ1) is 10.1. The molecular formula is C15H22ClN3O2S. The van der Waals surface area contributed by atoms with E-state index in [1.54, 1.807) is 22.5 Å². The fourth-order valence-corrected chi connectivity index (χ4v) is 4.18. The molecule has 0 spiro atoms. The van der Waals surface area contributed by atoms with Gasteiger partial charge in [-0.05, 0) is 57.0 Å². The molecule has 0 saturated carbocycles. The van der Waals surface area contributed by atoms with Crippen LogP contribution in [0.5, 0.6) is 0 Å². The van der Waals surface area contributed by atoms with Gasteiger partial charge >= 0.3 is 0 Å². The molecule has 0 aromatic heterocycles. The first-order valence-corrected chi connectivity index (χ1v) is 8.67. The standard InChI is InChI=1S/C15H21N3O2S.ClH/c1-17-8-5-13-6-9-18(10-7-13)21(19,20)15-4-2-3-14(11-15)12-16;/h2-4,11,13,17H,5-10H2,1H3;1H. The first-order valence-electron chi connectivity index (χ1n) is 7.23. The van der Waals surface area contributed by atoms with Gasteiger partial charge < -0.3 is 5.32 Å². The monoisotopic (exact) mass is 343 g/mol. The average molecular weight is 344 g/mol. The van der Waals surface area contributed by atoms with Gasteiger partial charge in [-0.15, -0.1) is 12.4 Å². The molecular weight excluding hydrogens is 322 g/mol. The van der Waals surface area contributed by atoms with Crippen LogP contribution in [-0.2, 0) is 10.0 Å². The molecule has 5 nitrogen and oxygen atoms in total. The predicted octanol–water partition coefficient (Wildman–Crippen LogP) is 1.99. The van der Waals surface area contributed by atoms with Gasteiger partial charge in [0.1, 0.15) is 0 Å². The van der Waals surface area contributed by atoms with E-state index in [2.05, 4.69) is 5.32 Å². The third kappa shape index (κ3) is 4.43. The molecule has 22 heavy (non-hydrogen) atoms. The Kier molecular flexibility index (Phi) is 7.30. The van der Waals surface area contributed by atoms with E-state index in [4.69, 9.17) is 5.26 Å². The predicted molar refractivity (Wildman–Crippen MR) is 88.4 cm³/mol. The molecule has 7 heteroatoms. The van der Waals surface area contributed by atoms with Crippen LogP contribution in [0.25, 0.3) is 0 Å². The Labute approximate surface area is 138 Å². The zero-order valence-electron chi connectivity index (χ0n) is 12.7. The zero-order chi connectivity index (χ0) is 15.3. The van der Waals surface area contributed by atoms with Crippen molar-refractivity contribution in [3.63, 3.8) is 0 Å². The largest absolute Gasteiger partial charge is 0.320 e. The summed E-state index contributed by atoms with van der Waals surface area (Å²) in [6, 6.07) is 8.22. The van der Waals surface area contributed by atoms with E-state index in [1.807, 2.05) is 13.1 Å². The molecule has 1 aromatic rings. The number of sulfonamides is 1. The highest BCUT2D eigenvalue weighted by atomic mass is 35.5. The van der Waals surface area contributed by atoms with Gasteiger partial charge in [-0.2, -0.15) is 9.57 Å². The molecule has 0 atom stereocenters. The van der Waals surface area contributed by atoms with Gasteiger partial charge in [-0.25, -0.2) is 8.42 Å². The Morgan fingerprint density at radius 3 is 2.64 bits per heavy atom. The number of hydrogen-bond donors (Lipinski definition) is 1. The molecule has 0 amide bonds. The second-order valence-corrected chi connectivity index (χ2v) is 7.32. The normalized spacial score (nSPS) is 16.7. The molecule has 0 bridgehead atoms. The molecule has 1 fully saturated rings. The van der Waals surface area contributed by atoms with Crippen LogP contribution in [0.1, 0.15) is 24.8 Å². The topological polar surface area (TPSA) is 73.2 Å². The summed E-state index contributed by atoms with van der Waals surface area (Å²) in [5, 5.41) is 12.0. The van der Waals surface area contributed by atoms with E-state index in [9.17, 15) is 8.42 Å². The zero-order valence-corrected chi connectivity index (χ0v) is 14.3. The summed E-state index contributed by atoms with van der Waals surface area (Å²) in [7, 11) is -1.54. The van der Waals surface area contributed by atoms with Crippen molar-refractivity contribution in [1.82, 2.24) is 9.62 Å². The smallest absolute Gasteiger partial charge is 0.243 e. The summed E-state index contributed by atoms with van der Waals surface area (Å²) >= 11 is 0. The van der Waals surface area contributed by atoms with Crippen LogP contribution in [0.15, 0.2) is 29.2 Å². The lowest BCUT2D eigenvalue weighted by molar-refractivity contribution is 0.263. The maximum atomic E-state index is 12.6. The number of nitrogens with zero attached hydrogens (tertiary/aromatic N) is 2. The maximum Gasteiger partial charge on any atom is 0.243 e. The van der Waals surface area contributed by atoms with Crippen molar-refractivity contribution in [2.45, 2.75) is 24.2 Å². The summed E-state index contributed by atoms with van der Waals surface area (Å²) in [4.78, 5) is 0.218. The number of halogens is 1. The van der Waals surface area contributed by atoms with Crippen molar-refractivity contribution in [2.75, 3.05) is 26.7 Å². The lowest BCUT2D eigenvalue weighted by atomic mass is 9.95. The average Bonchev–Trinajstić information content (AvgIpc) is 2.53. The molecule has 1 aliphatic rings. The van der Waals surface area contributed by atoms with Crippen LogP contribution >= 0.6 is 12.4 Å². The van der Waals surface area contributed by atoms with Gasteiger partial charge in [0.05, 0.1) is 16.5 Å². The summed E-state index contributed by atoms with van der Waals surface area (Å²) in [5.74, 6) is 0.592. The SMILES string of the molecule is CNCCC1CCN(S(=O)(=O)c2cccc(C#N)c2)CC1.Cl. The Balaban J connectivity index is 0.00000242. The Bertz CT molecular complexity index is 620. The first kappa shape index (κ1) is 18.9. The van der Waals surface area contributed by atoms with Gasteiger partial charge in [0.2, 0.25) is 10.0 Å². The molecule has 1 aromatic carbocycles. The Hall–Kier alpha value is -1.13. The van der Waals surface area contributed by atoms with E-state index < -0.39 is 10.0 Å². The van der Waals surface area contributed by atoms with Gasteiger partial charge in [0.25, 0.3) is 0 Å². The molecule has 0 unspecified atom stereocenters. The number of rotatable bonds is 5. The summed E-state index contributed by atoms with van der Waals surface area (Å²) in [6.07, 6.45) is 2.89. The Morgan fingerprint density at radius 2 is 2.05 bits per heavy atom. The number of piperidine rings is 1. The molecule has 1 heterocycles. The second-order valence-electron chi connectivity index (χ2n) is 5.38. The minimum absolute atomic E-state index is 0. The van der Waals surface area contributed by atoms with Crippen LogP contribution in [-0.4, -0.2) is 39.4 Å². The van der Waals surface area contributed by atoms with Crippen molar-refractivity contribution >= 4 is 22.4 Å². The molecule has 1 saturated heterocycles. The number of benzene rings is 1. The second kappa shape index (κ2) is 8.49.